The third-order valence-electron chi connectivity index (χ3n) is 9.24. The molecular weight excluding hydrogens is 618 g/mol. The van der Waals surface area contributed by atoms with Crippen LogP contribution in [-0.4, -0.2) is 49.5 Å². The maximum Gasteiger partial charge on any atom is 0.305 e. The number of ether oxygens (including phenoxy) is 1. The van der Waals surface area contributed by atoms with Crippen molar-refractivity contribution in [1.82, 2.24) is 9.88 Å². The third-order valence-corrected chi connectivity index (χ3v) is 12.2. The van der Waals surface area contributed by atoms with Gasteiger partial charge in [-0.25, -0.2) is 0 Å². The molecule has 11 nitrogen and oxygen atoms in total. The molecule has 1 saturated heterocycles. The SMILES string of the molecule is O=C(O)CCN1C(=O)C2C3CC(C2C1=O)C1C(c2cc([N+](=O)[O-])ccc2OCc2ccccc2Cl)c2sc(=O)[nH]c2SC31. The molecule has 2 bridgehead atoms. The minimum atomic E-state index is -1.09. The van der Waals surface area contributed by atoms with Crippen molar-refractivity contribution in [3.8, 4) is 5.75 Å². The zero-order chi connectivity index (χ0) is 30.2. The number of amides is 2. The number of hydrogen-bond donors (Lipinski definition) is 2. The molecule has 1 aromatic heterocycles. The van der Waals surface area contributed by atoms with Crippen LogP contribution < -0.4 is 9.61 Å². The molecule has 43 heavy (non-hydrogen) atoms. The fraction of sp³-hybridized carbons (Fsp3) is 0.379. The number of aliphatic carboxylic acids is 1. The number of carboxylic acid groups (broad SMARTS) is 1. The number of halogens is 1. The van der Waals surface area contributed by atoms with Crippen LogP contribution in [0.5, 0.6) is 5.75 Å². The van der Waals surface area contributed by atoms with Crippen LogP contribution in [0.1, 0.15) is 34.8 Å². The molecule has 2 aromatic carbocycles. The Balaban J connectivity index is 1.31. The molecule has 2 aliphatic heterocycles. The lowest BCUT2D eigenvalue weighted by Gasteiger charge is -2.43. The summed E-state index contributed by atoms with van der Waals surface area (Å²) in [6.07, 6.45) is 0.303. The molecule has 2 aliphatic carbocycles. The summed E-state index contributed by atoms with van der Waals surface area (Å²) in [7, 11) is 0. The lowest BCUT2D eigenvalue weighted by molar-refractivity contribution is -0.385. The first-order valence-corrected chi connectivity index (χ1v) is 15.8. The first-order valence-electron chi connectivity index (χ1n) is 13.7. The Hall–Kier alpha value is -3.68. The molecular formula is C29H24ClN3O8S2. The molecule has 2 amide bonds. The number of carbonyl (C=O) groups excluding carboxylic acids is 2. The summed E-state index contributed by atoms with van der Waals surface area (Å²) in [5, 5.41) is 22.1. The number of thioether (sulfide) groups is 1. The highest BCUT2D eigenvalue weighted by Crippen LogP contribution is 2.69. The number of fused-ring (bicyclic) bond motifs is 9. The molecule has 3 fully saturated rings. The number of carbonyl (C=O) groups is 3. The average Bonchev–Trinajstić information content (AvgIpc) is 3.70. The predicted molar refractivity (Wildman–Crippen MR) is 156 cm³/mol. The van der Waals surface area contributed by atoms with Gasteiger partial charge in [-0.1, -0.05) is 41.1 Å². The summed E-state index contributed by atoms with van der Waals surface area (Å²) >= 11 is 8.89. The molecule has 222 valence electrons. The number of carboxylic acids is 1. The van der Waals surface area contributed by atoms with Crippen molar-refractivity contribution in [3.63, 3.8) is 0 Å². The van der Waals surface area contributed by atoms with Crippen LogP contribution in [0.15, 0.2) is 52.3 Å². The van der Waals surface area contributed by atoms with Crippen molar-refractivity contribution in [3.05, 3.63) is 83.3 Å². The molecule has 2 N–H and O–H groups in total. The Labute approximate surface area is 257 Å². The quantitative estimate of drug-likeness (QED) is 0.205. The number of nitro groups is 1. The lowest BCUT2D eigenvalue weighted by atomic mass is 9.68. The van der Waals surface area contributed by atoms with Crippen LogP contribution in [0.4, 0.5) is 5.69 Å². The zero-order valence-corrected chi connectivity index (χ0v) is 24.7. The monoisotopic (exact) mass is 641 g/mol. The predicted octanol–water partition coefficient (Wildman–Crippen LogP) is 4.53. The summed E-state index contributed by atoms with van der Waals surface area (Å²) in [5.74, 6) is -3.62. The van der Waals surface area contributed by atoms with E-state index in [1.807, 2.05) is 12.1 Å². The van der Waals surface area contributed by atoms with E-state index >= 15 is 0 Å². The van der Waals surface area contributed by atoms with E-state index < -0.39 is 28.6 Å². The Bertz CT molecular complexity index is 1760. The lowest BCUT2D eigenvalue weighted by Crippen LogP contribution is -2.42. The fourth-order valence-electron chi connectivity index (χ4n) is 7.65. The molecule has 7 atom stereocenters. The minimum absolute atomic E-state index is 0.110. The van der Waals surface area contributed by atoms with Gasteiger partial charge in [-0.2, -0.15) is 0 Å². The molecule has 4 aliphatic rings. The maximum absolute atomic E-state index is 13.6. The van der Waals surface area contributed by atoms with E-state index in [0.717, 1.165) is 26.7 Å². The van der Waals surface area contributed by atoms with Gasteiger partial charge in [0.1, 0.15) is 12.4 Å². The molecule has 0 spiro atoms. The molecule has 3 heterocycles. The number of nitrogens with one attached hydrogen (secondary N) is 1. The minimum Gasteiger partial charge on any atom is -0.489 e. The van der Waals surface area contributed by atoms with E-state index in [2.05, 4.69) is 4.98 Å². The van der Waals surface area contributed by atoms with Gasteiger partial charge in [-0.3, -0.25) is 34.2 Å². The highest BCUT2D eigenvalue weighted by molar-refractivity contribution is 8.00. The number of rotatable bonds is 8. The van der Waals surface area contributed by atoms with E-state index in [1.165, 1.54) is 23.9 Å². The Morgan fingerprint density at radius 3 is 2.60 bits per heavy atom. The number of imide groups is 1. The number of nitrogens with zero attached hydrogens (tertiary/aromatic N) is 2. The summed E-state index contributed by atoms with van der Waals surface area (Å²) < 4.78 is 6.26. The molecule has 14 heteroatoms. The highest BCUT2D eigenvalue weighted by Gasteiger charge is 2.69. The molecule has 3 aromatic rings. The number of H-pyrrole nitrogens is 1. The van der Waals surface area contributed by atoms with Crippen LogP contribution in [0, 0.1) is 39.7 Å². The van der Waals surface area contributed by atoms with E-state index in [1.54, 1.807) is 18.2 Å². The van der Waals surface area contributed by atoms with Crippen LogP contribution >= 0.6 is 34.7 Å². The Morgan fingerprint density at radius 1 is 1.14 bits per heavy atom. The maximum atomic E-state index is 13.6. The number of hydrogen-bond acceptors (Lipinski definition) is 9. The van der Waals surface area contributed by atoms with Crippen molar-refractivity contribution < 1.29 is 29.2 Å². The van der Waals surface area contributed by atoms with E-state index in [9.17, 15) is 29.3 Å². The highest BCUT2D eigenvalue weighted by atomic mass is 35.5. The third kappa shape index (κ3) is 4.47. The fourth-order valence-corrected chi connectivity index (χ4v) is 10.7. The molecule has 7 unspecified atom stereocenters. The Morgan fingerprint density at radius 2 is 1.88 bits per heavy atom. The number of aromatic nitrogens is 1. The summed E-state index contributed by atoms with van der Waals surface area (Å²) in [6, 6.07) is 11.6. The normalized spacial score (nSPS) is 28.5. The largest absolute Gasteiger partial charge is 0.489 e. The van der Waals surface area contributed by atoms with E-state index in [-0.39, 0.29) is 65.0 Å². The second-order valence-corrected chi connectivity index (χ2v) is 13.9. The second kappa shape index (κ2) is 10.5. The summed E-state index contributed by atoms with van der Waals surface area (Å²) in [4.78, 5) is 66.8. The standard InChI is InChI=1S/C29H24ClN3O8S2/c30-17-4-2-1-3-12(17)11-41-18-6-5-13(33(39)40)9-14(18)20-21-15-10-16(24(21)42-26-25(20)43-29(38)31-26)23-22(15)27(36)32(28(23)37)8-7-19(34)35/h1-6,9,15-16,20-24H,7-8,10-11H2,(H,31,38)(H,34,35). The van der Waals surface area contributed by atoms with Crippen molar-refractivity contribution in [2.24, 2.45) is 29.6 Å². The number of benzene rings is 2. The van der Waals surface area contributed by atoms with Gasteiger partial charge in [0.25, 0.3) is 5.69 Å². The topological polar surface area (TPSA) is 160 Å². The summed E-state index contributed by atoms with van der Waals surface area (Å²) in [5.41, 5.74) is 1.14. The van der Waals surface area contributed by atoms with Gasteiger partial charge >= 0.3 is 10.8 Å². The number of non-ortho nitro benzene ring substituents is 1. The van der Waals surface area contributed by atoms with Gasteiger partial charge in [0.05, 0.1) is 28.2 Å². The Kier molecular flexibility index (Phi) is 6.86. The van der Waals surface area contributed by atoms with Gasteiger partial charge in [-0.15, -0.1) is 11.8 Å². The molecule has 0 radical (unpaired) electrons. The summed E-state index contributed by atoms with van der Waals surface area (Å²) in [6.45, 7) is -0.0600. The zero-order valence-electron chi connectivity index (χ0n) is 22.3. The van der Waals surface area contributed by atoms with Crippen molar-refractivity contribution in [1.29, 1.82) is 0 Å². The van der Waals surface area contributed by atoms with Gasteiger partial charge in [0.15, 0.2) is 0 Å². The van der Waals surface area contributed by atoms with Crippen LogP contribution in [-0.2, 0) is 21.0 Å². The first-order chi connectivity index (χ1) is 20.6. The van der Waals surface area contributed by atoms with E-state index in [0.29, 0.717) is 27.8 Å². The number of thiazole rings is 1. The smallest absolute Gasteiger partial charge is 0.305 e. The van der Waals surface area contributed by atoms with Gasteiger partial charge in [0.2, 0.25) is 11.8 Å². The molecule has 7 rings (SSSR count). The first kappa shape index (κ1) is 28.1. The van der Waals surface area contributed by atoms with Crippen molar-refractivity contribution in [2.45, 2.75) is 35.6 Å². The van der Waals surface area contributed by atoms with Gasteiger partial charge < -0.3 is 14.8 Å². The van der Waals surface area contributed by atoms with Gasteiger partial charge in [0, 0.05) is 50.9 Å². The molecule has 2 saturated carbocycles. The number of nitro benzene ring substituents is 1. The number of aromatic amines is 1. The van der Waals surface area contributed by atoms with Crippen molar-refractivity contribution in [2.75, 3.05) is 6.54 Å². The van der Waals surface area contributed by atoms with Crippen LogP contribution in [0.3, 0.4) is 0 Å². The van der Waals surface area contributed by atoms with Crippen molar-refractivity contribution >= 4 is 58.2 Å². The van der Waals surface area contributed by atoms with Gasteiger partial charge in [-0.05, 0) is 36.3 Å². The average molecular weight is 642 g/mol. The number of likely N-dealkylation sites (tertiary alicyclic amines) is 1. The van der Waals surface area contributed by atoms with Crippen LogP contribution in [0.25, 0.3) is 0 Å². The van der Waals surface area contributed by atoms with Crippen LogP contribution in [0.2, 0.25) is 5.02 Å². The second-order valence-electron chi connectivity index (χ2n) is 11.3. The van der Waals surface area contributed by atoms with E-state index in [4.69, 9.17) is 21.4 Å².